The molecule has 9 heteroatoms. The molecule has 2 fully saturated rings. The quantitative estimate of drug-likeness (QED) is 0.410. The minimum atomic E-state index is -0.352. The summed E-state index contributed by atoms with van der Waals surface area (Å²) < 4.78 is 5.87. The maximum absolute atomic E-state index is 12.9. The largest absolute Gasteiger partial charge is 0.392 e. The zero-order chi connectivity index (χ0) is 27.9. The van der Waals surface area contributed by atoms with Crippen LogP contribution >= 0.6 is 11.3 Å². The number of ether oxygens (including phenoxy) is 1. The molecule has 2 aliphatic carbocycles. The van der Waals surface area contributed by atoms with Crippen LogP contribution in [-0.2, 0) is 21.4 Å². The van der Waals surface area contributed by atoms with E-state index in [-0.39, 0.29) is 42.1 Å². The van der Waals surface area contributed by atoms with Crippen LogP contribution < -0.4 is 15.5 Å². The molecule has 1 aliphatic heterocycles. The van der Waals surface area contributed by atoms with Crippen LogP contribution in [-0.4, -0.2) is 59.9 Å². The van der Waals surface area contributed by atoms with Crippen LogP contribution in [0.2, 0.25) is 0 Å². The van der Waals surface area contributed by atoms with Crippen molar-refractivity contribution in [2.24, 2.45) is 0 Å². The van der Waals surface area contributed by atoms with Crippen molar-refractivity contribution >= 4 is 34.0 Å². The summed E-state index contributed by atoms with van der Waals surface area (Å²) in [6.07, 6.45) is 4.64. The van der Waals surface area contributed by atoms with Gasteiger partial charge in [-0.1, -0.05) is 18.2 Å². The first-order chi connectivity index (χ1) is 19.3. The Kier molecular flexibility index (Phi) is 7.37. The van der Waals surface area contributed by atoms with Crippen LogP contribution in [0.15, 0.2) is 47.8 Å². The number of nitrogens with one attached hydrogen (secondary N) is 2. The van der Waals surface area contributed by atoms with E-state index in [0.717, 1.165) is 67.7 Å². The molecule has 2 heterocycles. The highest BCUT2D eigenvalue weighted by Gasteiger charge is 2.47. The number of fused-ring (bicyclic) bond motifs is 2. The van der Waals surface area contributed by atoms with Gasteiger partial charge in [0, 0.05) is 40.7 Å². The predicted octanol–water partition coefficient (Wildman–Crippen LogP) is 4.52. The third-order valence-electron chi connectivity index (χ3n) is 8.57. The maximum Gasteiger partial charge on any atom is 0.251 e. The number of aliphatic hydroxyl groups excluding tert-OH is 1. The summed E-state index contributed by atoms with van der Waals surface area (Å²) in [6, 6.07) is 14.0. The fourth-order valence-electron chi connectivity index (χ4n) is 6.69. The first kappa shape index (κ1) is 26.9. The zero-order valence-electron chi connectivity index (χ0n) is 23.0. The van der Waals surface area contributed by atoms with Crippen LogP contribution in [0.5, 0.6) is 0 Å². The zero-order valence-corrected chi connectivity index (χ0v) is 23.8. The van der Waals surface area contributed by atoms with Gasteiger partial charge in [-0.15, -0.1) is 11.3 Å². The van der Waals surface area contributed by atoms with Gasteiger partial charge in [0.2, 0.25) is 5.91 Å². The third kappa shape index (κ3) is 5.25. The number of aryl methyl sites for hydroxylation is 1. The van der Waals surface area contributed by atoms with Gasteiger partial charge in [-0.3, -0.25) is 9.59 Å². The summed E-state index contributed by atoms with van der Waals surface area (Å²) in [5.41, 5.74) is 5.52. The first-order valence-electron chi connectivity index (χ1n) is 14.2. The lowest BCUT2D eigenvalue weighted by molar-refractivity contribution is -0.115. The van der Waals surface area contributed by atoms with E-state index in [2.05, 4.69) is 46.5 Å². The molecule has 40 heavy (non-hydrogen) atoms. The van der Waals surface area contributed by atoms with Crippen LogP contribution in [0.1, 0.15) is 61.0 Å². The number of carbonyl (C=O) groups excluding carboxylic acids is 2. The van der Waals surface area contributed by atoms with Gasteiger partial charge in [-0.05, 0) is 81.3 Å². The number of thiazole rings is 1. The van der Waals surface area contributed by atoms with Crippen LogP contribution in [0.3, 0.4) is 0 Å². The molecule has 4 atom stereocenters. The lowest BCUT2D eigenvalue weighted by Gasteiger charge is -2.37. The van der Waals surface area contributed by atoms with E-state index in [9.17, 15) is 14.7 Å². The molecule has 3 aromatic rings. The van der Waals surface area contributed by atoms with E-state index in [1.165, 1.54) is 16.9 Å². The molecule has 8 nitrogen and oxygen atoms in total. The molecular weight excluding hydrogens is 524 g/mol. The number of amides is 2. The van der Waals surface area contributed by atoms with Crippen LogP contribution in [0.25, 0.3) is 11.3 Å². The van der Waals surface area contributed by atoms with Crippen molar-refractivity contribution in [1.82, 2.24) is 10.3 Å². The summed E-state index contributed by atoms with van der Waals surface area (Å²) >= 11 is 1.36. The number of morpholine rings is 1. The summed E-state index contributed by atoms with van der Waals surface area (Å²) in [5.74, 6) is -0.626. The number of hydrogen-bond acceptors (Lipinski definition) is 7. The molecule has 2 amide bonds. The Morgan fingerprint density at radius 2 is 1.98 bits per heavy atom. The highest BCUT2D eigenvalue weighted by Crippen LogP contribution is 2.50. The second-order valence-corrected chi connectivity index (χ2v) is 12.3. The van der Waals surface area contributed by atoms with Gasteiger partial charge < -0.3 is 25.4 Å². The lowest BCUT2D eigenvalue weighted by Crippen LogP contribution is -2.45. The lowest BCUT2D eigenvalue weighted by atomic mass is 9.78. The highest BCUT2D eigenvalue weighted by molar-refractivity contribution is 7.14. The standard InChI is InChI=1S/C31H36N4O4S/c1-19-16-35(17-20(2)39-19)24-6-3-5-22(13-24)26-18-40-30(33-26)34-28(37)15-32-29(38)23-9-8-21-10-12-31(25(21)14-23)11-4-7-27(31)36/h3,5-6,8-9,13-14,18-20,27,36H,4,7,10-12,15-17H2,1-2H3,(H,32,38)(H,33,34,37)/t19-,20+,27-,31-/m0/s1. The van der Waals surface area contributed by atoms with Gasteiger partial charge >= 0.3 is 0 Å². The molecule has 0 radical (unpaired) electrons. The van der Waals surface area contributed by atoms with Crippen molar-refractivity contribution in [3.63, 3.8) is 0 Å². The van der Waals surface area contributed by atoms with E-state index < -0.39 is 0 Å². The second-order valence-electron chi connectivity index (χ2n) is 11.4. The monoisotopic (exact) mass is 560 g/mol. The number of rotatable bonds is 6. The molecule has 1 saturated heterocycles. The SMILES string of the molecule is C[C@@H]1CN(c2cccc(-c3csc(NC(=O)CNC(=O)c4ccc5c(c4)[C@]4(CCC[C@@H]4O)CC5)n3)c2)C[C@H](C)O1. The number of carbonyl (C=O) groups is 2. The molecule has 0 bridgehead atoms. The summed E-state index contributed by atoms with van der Waals surface area (Å²) in [6.45, 7) is 5.71. The molecular formula is C31H36N4O4S. The number of hydrogen-bond donors (Lipinski definition) is 3. The Hall–Kier alpha value is -3.27. The van der Waals surface area contributed by atoms with Crippen molar-refractivity contribution in [2.75, 3.05) is 29.9 Å². The van der Waals surface area contributed by atoms with E-state index in [4.69, 9.17) is 4.74 Å². The maximum atomic E-state index is 12.9. The molecule has 3 N–H and O–H groups in total. The van der Waals surface area contributed by atoms with Crippen LogP contribution in [0, 0.1) is 0 Å². The average Bonchev–Trinajstić information content (AvgIpc) is 3.66. The molecule has 6 rings (SSSR count). The Labute approximate surface area is 238 Å². The molecule has 1 spiro atoms. The second kappa shape index (κ2) is 11.0. The number of nitrogens with zero attached hydrogens (tertiary/aromatic N) is 2. The molecule has 0 unspecified atom stereocenters. The van der Waals surface area contributed by atoms with Gasteiger partial charge in [0.1, 0.15) is 0 Å². The molecule has 2 aromatic carbocycles. The summed E-state index contributed by atoms with van der Waals surface area (Å²) in [4.78, 5) is 32.5. The minimum Gasteiger partial charge on any atom is -0.392 e. The number of anilines is 2. The minimum absolute atomic E-state index is 0.151. The molecule has 3 aliphatic rings. The average molecular weight is 561 g/mol. The first-order valence-corrected chi connectivity index (χ1v) is 15.0. The molecule has 210 valence electrons. The summed E-state index contributed by atoms with van der Waals surface area (Å²) in [5, 5.41) is 18.6. The fourth-order valence-corrected chi connectivity index (χ4v) is 7.43. The normalized spacial score (nSPS) is 25.7. The van der Waals surface area contributed by atoms with Gasteiger partial charge in [0.25, 0.3) is 5.91 Å². The van der Waals surface area contributed by atoms with Gasteiger partial charge in [0.15, 0.2) is 5.13 Å². The van der Waals surface area contributed by atoms with E-state index in [0.29, 0.717) is 10.7 Å². The Morgan fingerprint density at radius 1 is 1.15 bits per heavy atom. The Balaban J connectivity index is 1.06. The van der Waals surface area contributed by atoms with Crippen molar-refractivity contribution in [2.45, 2.75) is 69.7 Å². The van der Waals surface area contributed by atoms with Crippen molar-refractivity contribution in [3.8, 4) is 11.3 Å². The number of aliphatic hydroxyl groups is 1. The van der Waals surface area contributed by atoms with E-state index >= 15 is 0 Å². The molecule has 1 aromatic heterocycles. The van der Waals surface area contributed by atoms with Gasteiger partial charge in [-0.2, -0.15) is 0 Å². The highest BCUT2D eigenvalue weighted by atomic mass is 32.1. The molecule has 1 saturated carbocycles. The predicted molar refractivity (Wildman–Crippen MR) is 157 cm³/mol. The fraction of sp³-hybridized carbons (Fsp3) is 0.452. The third-order valence-corrected chi connectivity index (χ3v) is 9.33. The van der Waals surface area contributed by atoms with Crippen molar-refractivity contribution < 1.29 is 19.4 Å². The van der Waals surface area contributed by atoms with Crippen molar-refractivity contribution in [3.05, 3.63) is 64.5 Å². The number of aromatic nitrogens is 1. The summed E-state index contributed by atoms with van der Waals surface area (Å²) in [7, 11) is 0. The van der Waals surface area contributed by atoms with Gasteiger partial charge in [-0.25, -0.2) is 4.98 Å². The van der Waals surface area contributed by atoms with E-state index in [1.807, 2.05) is 35.7 Å². The van der Waals surface area contributed by atoms with E-state index in [1.54, 1.807) is 0 Å². The topological polar surface area (TPSA) is 104 Å². The Morgan fingerprint density at radius 3 is 2.75 bits per heavy atom. The van der Waals surface area contributed by atoms with Crippen LogP contribution in [0.4, 0.5) is 10.8 Å². The smallest absolute Gasteiger partial charge is 0.251 e. The number of benzene rings is 2. The van der Waals surface area contributed by atoms with Crippen molar-refractivity contribution in [1.29, 1.82) is 0 Å². The Bertz CT molecular complexity index is 1410. The van der Waals surface area contributed by atoms with Gasteiger partial charge in [0.05, 0.1) is 30.6 Å².